The molecular weight excluding hydrogens is 302 g/mol. The number of hydrogen-bond donors (Lipinski definition) is 1. The number of aromatic nitrogens is 3. The number of nitrogens with zero attached hydrogens (tertiary/aromatic N) is 4. The number of amides is 1. The van der Waals surface area contributed by atoms with Crippen LogP contribution in [0.4, 0.5) is 0 Å². The molecule has 3 aromatic rings. The second-order valence-corrected chi connectivity index (χ2v) is 5.31. The van der Waals surface area contributed by atoms with E-state index >= 15 is 0 Å². The maximum atomic E-state index is 12.2. The van der Waals surface area contributed by atoms with Gasteiger partial charge in [-0.2, -0.15) is 10.2 Å². The van der Waals surface area contributed by atoms with Crippen molar-refractivity contribution in [2.75, 3.05) is 0 Å². The van der Waals surface area contributed by atoms with E-state index in [1.807, 2.05) is 55.6 Å². The predicted molar refractivity (Wildman–Crippen MR) is 91.8 cm³/mol. The van der Waals surface area contributed by atoms with Crippen LogP contribution in [-0.2, 0) is 6.54 Å². The van der Waals surface area contributed by atoms with E-state index in [1.54, 1.807) is 16.9 Å². The second kappa shape index (κ2) is 7.32. The van der Waals surface area contributed by atoms with Gasteiger partial charge in [-0.15, -0.1) is 0 Å². The van der Waals surface area contributed by atoms with E-state index in [0.29, 0.717) is 17.8 Å². The third-order valence-electron chi connectivity index (χ3n) is 3.37. The number of nitrogens with one attached hydrogen (secondary N) is 1. The van der Waals surface area contributed by atoms with E-state index < -0.39 is 0 Å². The Morgan fingerprint density at radius 1 is 1.25 bits per heavy atom. The average Bonchev–Trinajstić information content (AvgIpc) is 3.08. The summed E-state index contributed by atoms with van der Waals surface area (Å²) in [6, 6.07) is 14.9. The van der Waals surface area contributed by atoms with Gasteiger partial charge in [0, 0.05) is 23.7 Å². The highest BCUT2D eigenvalue weighted by molar-refractivity contribution is 5.94. The molecule has 0 fully saturated rings. The zero-order valence-corrected chi connectivity index (χ0v) is 13.3. The first kappa shape index (κ1) is 15.6. The highest BCUT2D eigenvalue weighted by atomic mass is 16.2. The molecule has 0 unspecified atom stereocenters. The maximum Gasteiger partial charge on any atom is 0.271 e. The summed E-state index contributed by atoms with van der Waals surface area (Å²) in [5, 5.41) is 8.12. The summed E-state index contributed by atoms with van der Waals surface area (Å²) < 4.78 is 1.80. The highest BCUT2D eigenvalue weighted by Gasteiger charge is 2.05. The molecule has 2 aromatic heterocycles. The standard InChI is InChI=1S/C18H17N5O/c1-14-5-2-8-17(21-14)12-19-22-18(24)16-7-3-6-15(11-16)13-23-10-4-9-20-23/h2-12H,13H2,1H3,(H,22,24)/b19-12-. The molecule has 24 heavy (non-hydrogen) atoms. The van der Waals surface area contributed by atoms with Crippen LogP contribution in [0, 0.1) is 6.92 Å². The van der Waals surface area contributed by atoms with E-state index in [4.69, 9.17) is 0 Å². The fraction of sp³-hybridized carbons (Fsp3) is 0.111. The molecule has 6 nitrogen and oxygen atoms in total. The zero-order valence-electron chi connectivity index (χ0n) is 13.3. The molecular formula is C18H17N5O. The van der Waals surface area contributed by atoms with Crippen molar-refractivity contribution in [3.8, 4) is 0 Å². The Balaban J connectivity index is 1.64. The summed E-state index contributed by atoms with van der Waals surface area (Å²) in [5.41, 5.74) is 5.66. The van der Waals surface area contributed by atoms with Gasteiger partial charge in [0.15, 0.2) is 0 Å². The van der Waals surface area contributed by atoms with Crippen molar-refractivity contribution in [1.82, 2.24) is 20.2 Å². The molecule has 1 amide bonds. The first-order valence-electron chi connectivity index (χ1n) is 7.54. The summed E-state index contributed by atoms with van der Waals surface area (Å²) in [7, 11) is 0. The van der Waals surface area contributed by atoms with Gasteiger partial charge in [-0.05, 0) is 42.8 Å². The van der Waals surface area contributed by atoms with Crippen molar-refractivity contribution < 1.29 is 4.79 Å². The molecule has 1 N–H and O–H groups in total. The molecule has 6 heteroatoms. The summed E-state index contributed by atoms with van der Waals surface area (Å²) in [4.78, 5) is 16.5. The molecule has 0 bridgehead atoms. The van der Waals surface area contributed by atoms with Crippen molar-refractivity contribution >= 4 is 12.1 Å². The van der Waals surface area contributed by atoms with Gasteiger partial charge < -0.3 is 0 Å². The third-order valence-corrected chi connectivity index (χ3v) is 3.37. The molecule has 2 heterocycles. The quantitative estimate of drug-likeness (QED) is 0.580. The second-order valence-electron chi connectivity index (χ2n) is 5.31. The maximum absolute atomic E-state index is 12.2. The van der Waals surface area contributed by atoms with E-state index in [2.05, 4.69) is 20.6 Å². The number of carbonyl (C=O) groups excluding carboxylic acids is 1. The Labute approximate surface area is 139 Å². The lowest BCUT2D eigenvalue weighted by Gasteiger charge is -2.05. The Bertz CT molecular complexity index is 855. The van der Waals surface area contributed by atoms with Crippen LogP contribution in [0.5, 0.6) is 0 Å². The van der Waals surface area contributed by atoms with E-state index in [1.165, 1.54) is 6.21 Å². The van der Waals surface area contributed by atoms with Gasteiger partial charge in [0.1, 0.15) is 0 Å². The molecule has 0 radical (unpaired) electrons. The van der Waals surface area contributed by atoms with Crippen LogP contribution in [-0.4, -0.2) is 26.9 Å². The Hall–Kier alpha value is -3.28. The smallest absolute Gasteiger partial charge is 0.268 e. The minimum Gasteiger partial charge on any atom is -0.268 e. The van der Waals surface area contributed by atoms with Crippen LogP contribution >= 0.6 is 0 Å². The zero-order chi connectivity index (χ0) is 16.8. The molecule has 120 valence electrons. The van der Waals surface area contributed by atoms with Gasteiger partial charge in [0.05, 0.1) is 18.5 Å². The van der Waals surface area contributed by atoms with Crippen LogP contribution in [0.15, 0.2) is 66.0 Å². The number of pyridine rings is 1. The normalized spacial score (nSPS) is 10.9. The lowest BCUT2D eigenvalue weighted by molar-refractivity contribution is 0.0955. The third kappa shape index (κ3) is 4.13. The number of benzene rings is 1. The van der Waals surface area contributed by atoms with Crippen molar-refractivity contribution in [3.05, 3.63) is 83.4 Å². The molecule has 0 aliphatic rings. The largest absolute Gasteiger partial charge is 0.271 e. The van der Waals surface area contributed by atoms with Gasteiger partial charge in [0.2, 0.25) is 0 Å². The van der Waals surface area contributed by atoms with Crippen LogP contribution < -0.4 is 5.43 Å². The first-order chi connectivity index (χ1) is 11.7. The SMILES string of the molecule is Cc1cccc(/C=N\NC(=O)c2cccc(Cn3cccn3)c2)n1. The Kier molecular flexibility index (Phi) is 4.76. The van der Waals surface area contributed by atoms with Crippen LogP contribution in [0.2, 0.25) is 0 Å². The molecule has 3 rings (SSSR count). The van der Waals surface area contributed by atoms with Crippen LogP contribution in [0.3, 0.4) is 0 Å². The fourth-order valence-corrected chi connectivity index (χ4v) is 2.25. The number of rotatable bonds is 5. The van der Waals surface area contributed by atoms with Gasteiger partial charge in [-0.3, -0.25) is 14.5 Å². The molecule has 0 aliphatic carbocycles. The number of aryl methyl sites for hydroxylation is 1. The van der Waals surface area contributed by atoms with Crippen LogP contribution in [0.1, 0.15) is 27.3 Å². The summed E-state index contributed by atoms with van der Waals surface area (Å²) in [6.45, 7) is 2.52. The molecule has 1 aromatic carbocycles. The van der Waals surface area contributed by atoms with Gasteiger partial charge in [0.25, 0.3) is 5.91 Å². The number of carbonyl (C=O) groups is 1. The summed E-state index contributed by atoms with van der Waals surface area (Å²) >= 11 is 0. The van der Waals surface area contributed by atoms with E-state index in [0.717, 1.165) is 11.3 Å². The average molecular weight is 319 g/mol. The van der Waals surface area contributed by atoms with Crippen molar-refractivity contribution in [1.29, 1.82) is 0 Å². The summed E-state index contributed by atoms with van der Waals surface area (Å²) in [6.07, 6.45) is 5.13. The van der Waals surface area contributed by atoms with Crippen molar-refractivity contribution in [2.45, 2.75) is 13.5 Å². The van der Waals surface area contributed by atoms with E-state index in [9.17, 15) is 4.79 Å². The first-order valence-corrected chi connectivity index (χ1v) is 7.54. The lowest BCUT2D eigenvalue weighted by Crippen LogP contribution is -2.18. The highest BCUT2D eigenvalue weighted by Crippen LogP contribution is 2.07. The van der Waals surface area contributed by atoms with Gasteiger partial charge in [-0.1, -0.05) is 18.2 Å². The molecule has 0 spiro atoms. The monoisotopic (exact) mass is 319 g/mol. The Morgan fingerprint density at radius 2 is 2.12 bits per heavy atom. The topological polar surface area (TPSA) is 72.2 Å². The molecule has 0 atom stereocenters. The van der Waals surface area contributed by atoms with Gasteiger partial charge in [-0.25, -0.2) is 5.43 Å². The molecule has 0 saturated heterocycles. The van der Waals surface area contributed by atoms with Gasteiger partial charge >= 0.3 is 0 Å². The lowest BCUT2D eigenvalue weighted by atomic mass is 10.1. The Morgan fingerprint density at radius 3 is 2.92 bits per heavy atom. The number of hydrazone groups is 1. The number of hydrogen-bond acceptors (Lipinski definition) is 4. The molecule has 0 saturated carbocycles. The van der Waals surface area contributed by atoms with Crippen molar-refractivity contribution in [2.24, 2.45) is 5.10 Å². The predicted octanol–water partition coefficient (Wildman–Crippen LogP) is 2.40. The van der Waals surface area contributed by atoms with E-state index in [-0.39, 0.29) is 5.91 Å². The fourth-order valence-electron chi connectivity index (χ4n) is 2.25. The van der Waals surface area contributed by atoms with Crippen molar-refractivity contribution in [3.63, 3.8) is 0 Å². The molecule has 0 aliphatic heterocycles. The summed E-state index contributed by atoms with van der Waals surface area (Å²) in [5.74, 6) is -0.263. The minimum absolute atomic E-state index is 0.263. The van der Waals surface area contributed by atoms with Crippen LogP contribution in [0.25, 0.3) is 0 Å². The minimum atomic E-state index is -0.263.